The first-order chi connectivity index (χ1) is 11.5. The second-order valence-corrected chi connectivity index (χ2v) is 6.23. The molecule has 0 bridgehead atoms. The first kappa shape index (κ1) is 18.2. The van der Waals surface area contributed by atoms with Gasteiger partial charge in [0, 0.05) is 0 Å². The van der Waals surface area contributed by atoms with E-state index in [4.69, 9.17) is 9.47 Å². The van der Waals surface area contributed by atoms with E-state index in [0.717, 1.165) is 18.4 Å². The van der Waals surface area contributed by atoms with Gasteiger partial charge < -0.3 is 9.47 Å². The summed E-state index contributed by atoms with van der Waals surface area (Å²) >= 11 is 0. The molecule has 2 rings (SSSR count). The number of rotatable bonds is 7. The Balaban J connectivity index is 2.14. The molecule has 1 aromatic carbocycles. The van der Waals surface area contributed by atoms with Crippen LogP contribution in [0.2, 0.25) is 0 Å². The van der Waals surface area contributed by atoms with E-state index in [1.807, 2.05) is 25.1 Å². The van der Waals surface area contributed by atoms with Gasteiger partial charge in [0.05, 0.1) is 13.2 Å². The molecule has 24 heavy (non-hydrogen) atoms. The lowest BCUT2D eigenvalue weighted by molar-refractivity contribution is -0.168. The van der Waals surface area contributed by atoms with Crippen LogP contribution in [-0.2, 0) is 25.5 Å². The summed E-state index contributed by atoms with van der Waals surface area (Å²) in [6.45, 7) is 5.98. The van der Waals surface area contributed by atoms with Gasteiger partial charge in [0.25, 0.3) is 0 Å². The number of esters is 2. The van der Waals surface area contributed by atoms with E-state index in [-0.39, 0.29) is 19.1 Å². The van der Waals surface area contributed by atoms with Crippen LogP contribution < -0.4 is 0 Å². The van der Waals surface area contributed by atoms with E-state index in [0.29, 0.717) is 6.42 Å². The molecule has 0 N–H and O–H groups in total. The van der Waals surface area contributed by atoms with Gasteiger partial charge in [-0.1, -0.05) is 42.0 Å². The summed E-state index contributed by atoms with van der Waals surface area (Å²) in [5.74, 6) is -0.811. The summed E-state index contributed by atoms with van der Waals surface area (Å²) in [4.78, 5) is 25.0. The Labute approximate surface area is 143 Å². The maximum Gasteiger partial charge on any atom is 0.327 e. The van der Waals surface area contributed by atoms with Crippen LogP contribution in [0.4, 0.5) is 0 Å². The molecule has 130 valence electrons. The van der Waals surface area contributed by atoms with Crippen molar-refractivity contribution in [2.45, 2.75) is 40.0 Å². The molecule has 1 aliphatic rings. The van der Waals surface area contributed by atoms with Gasteiger partial charge in [-0.05, 0) is 51.5 Å². The van der Waals surface area contributed by atoms with Crippen LogP contribution >= 0.6 is 0 Å². The van der Waals surface area contributed by atoms with Crippen molar-refractivity contribution in [2.24, 2.45) is 11.3 Å². The number of carbonyl (C=O) groups is 2. The summed E-state index contributed by atoms with van der Waals surface area (Å²) in [7, 11) is 0. The number of aryl methyl sites for hydroxylation is 1. The van der Waals surface area contributed by atoms with Crippen molar-refractivity contribution in [1.82, 2.24) is 0 Å². The molecule has 0 radical (unpaired) electrons. The fourth-order valence-electron chi connectivity index (χ4n) is 3.32. The summed E-state index contributed by atoms with van der Waals surface area (Å²) < 4.78 is 10.3. The first-order valence-corrected chi connectivity index (χ1v) is 8.61. The topological polar surface area (TPSA) is 52.6 Å². The predicted octanol–water partition coefficient (Wildman–Crippen LogP) is 3.70. The van der Waals surface area contributed by atoms with Crippen LogP contribution in [0.1, 0.15) is 39.2 Å². The minimum Gasteiger partial charge on any atom is -0.465 e. The summed E-state index contributed by atoms with van der Waals surface area (Å²) in [5.41, 5.74) is 1.04. The number of hydrogen-bond acceptors (Lipinski definition) is 4. The van der Waals surface area contributed by atoms with Crippen molar-refractivity contribution in [2.75, 3.05) is 13.2 Å². The van der Waals surface area contributed by atoms with Gasteiger partial charge in [-0.3, -0.25) is 9.59 Å². The smallest absolute Gasteiger partial charge is 0.327 e. The Kier molecular flexibility index (Phi) is 6.18. The molecule has 1 atom stereocenters. The quantitative estimate of drug-likeness (QED) is 0.434. The molecular formula is C20H26O4. The number of hydrogen-bond donors (Lipinski definition) is 0. The number of allylic oxidation sites excluding steroid dienone is 1. The zero-order chi connectivity index (χ0) is 17.6. The minimum absolute atomic E-state index is 0.180. The SMILES string of the molecule is CCOC(=O)C1(C(=O)OCC)C=C(C)C(CCc2ccccc2)C1. The highest BCUT2D eigenvalue weighted by Gasteiger charge is 2.52. The number of ether oxygens (including phenoxy) is 2. The van der Waals surface area contributed by atoms with Crippen LogP contribution in [0.3, 0.4) is 0 Å². The summed E-state index contributed by atoms with van der Waals surface area (Å²) in [6.07, 6.45) is 4.01. The molecule has 0 saturated carbocycles. The Morgan fingerprint density at radius 2 is 1.67 bits per heavy atom. The molecule has 1 aliphatic carbocycles. The average molecular weight is 330 g/mol. The van der Waals surface area contributed by atoms with E-state index in [9.17, 15) is 9.59 Å². The maximum atomic E-state index is 12.5. The van der Waals surface area contributed by atoms with Gasteiger partial charge in [0.2, 0.25) is 0 Å². The minimum atomic E-state index is -1.28. The molecule has 0 amide bonds. The van der Waals surface area contributed by atoms with Gasteiger partial charge in [-0.2, -0.15) is 0 Å². The Morgan fingerprint density at radius 1 is 1.08 bits per heavy atom. The van der Waals surface area contributed by atoms with Crippen LogP contribution in [0, 0.1) is 11.3 Å². The van der Waals surface area contributed by atoms with Gasteiger partial charge in [0.15, 0.2) is 5.41 Å². The van der Waals surface area contributed by atoms with Crippen molar-refractivity contribution in [1.29, 1.82) is 0 Å². The zero-order valence-corrected chi connectivity index (χ0v) is 14.7. The lowest BCUT2D eigenvalue weighted by atomic mass is 9.83. The normalized spacial score (nSPS) is 18.8. The van der Waals surface area contributed by atoms with Crippen molar-refractivity contribution in [3.05, 3.63) is 47.5 Å². The second kappa shape index (κ2) is 8.13. The summed E-state index contributed by atoms with van der Waals surface area (Å²) in [6, 6.07) is 10.2. The average Bonchev–Trinajstić information content (AvgIpc) is 2.92. The van der Waals surface area contributed by atoms with Crippen LogP contribution in [0.15, 0.2) is 42.0 Å². The van der Waals surface area contributed by atoms with Gasteiger partial charge in [-0.25, -0.2) is 0 Å². The van der Waals surface area contributed by atoms with E-state index < -0.39 is 17.4 Å². The molecular weight excluding hydrogens is 304 g/mol. The number of benzene rings is 1. The first-order valence-electron chi connectivity index (χ1n) is 8.61. The highest BCUT2D eigenvalue weighted by molar-refractivity contribution is 6.03. The van der Waals surface area contributed by atoms with Gasteiger partial charge >= 0.3 is 11.9 Å². The molecule has 4 heteroatoms. The van der Waals surface area contributed by atoms with Crippen molar-refractivity contribution in [3.63, 3.8) is 0 Å². The molecule has 0 heterocycles. The Bertz CT molecular complexity index is 585. The lowest BCUT2D eigenvalue weighted by Gasteiger charge is -2.24. The van der Waals surface area contributed by atoms with Gasteiger partial charge in [-0.15, -0.1) is 0 Å². The largest absolute Gasteiger partial charge is 0.465 e. The molecule has 0 aliphatic heterocycles. The van der Waals surface area contributed by atoms with Crippen molar-refractivity contribution < 1.29 is 19.1 Å². The monoisotopic (exact) mass is 330 g/mol. The highest BCUT2D eigenvalue weighted by Crippen LogP contribution is 2.44. The van der Waals surface area contributed by atoms with E-state index in [1.54, 1.807) is 19.9 Å². The fourth-order valence-corrected chi connectivity index (χ4v) is 3.32. The van der Waals surface area contributed by atoms with Crippen molar-refractivity contribution >= 4 is 11.9 Å². The summed E-state index contributed by atoms with van der Waals surface area (Å²) in [5, 5.41) is 0. The molecule has 0 saturated heterocycles. The third kappa shape index (κ3) is 3.86. The molecule has 4 nitrogen and oxygen atoms in total. The van der Waals surface area contributed by atoms with Crippen molar-refractivity contribution in [3.8, 4) is 0 Å². The maximum absolute atomic E-state index is 12.5. The predicted molar refractivity (Wildman–Crippen MR) is 92.3 cm³/mol. The Hall–Kier alpha value is -2.10. The highest BCUT2D eigenvalue weighted by atomic mass is 16.6. The Morgan fingerprint density at radius 3 is 2.21 bits per heavy atom. The fraction of sp³-hybridized carbons (Fsp3) is 0.500. The molecule has 0 aromatic heterocycles. The third-order valence-corrected chi connectivity index (χ3v) is 4.59. The molecule has 1 aromatic rings. The van der Waals surface area contributed by atoms with E-state index in [2.05, 4.69) is 12.1 Å². The van der Waals surface area contributed by atoms with Crippen LogP contribution in [0.25, 0.3) is 0 Å². The van der Waals surface area contributed by atoms with Crippen LogP contribution in [0.5, 0.6) is 0 Å². The standard InChI is InChI=1S/C20H26O4/c1-4-23-18(21)20(19(22)24-5-2)13-15(3)17(14-20)12-11-16-9-7-6-8-10-16/h6-10,13,17H,4-5,11-12,14H2,1-3H3. The van der Waals surface area contributed by atoms with E-state index >= 15 is 0 Å². The molecule has 0 fully saturated rings. The third-order valence-electron chi connectivity index (χ3n) is 4.59. The van der Waals surface area contributed by atoms with Crippen LogP contribution in [-0.4, -0.2) is 25.2 Å². The molecule has 1 unspecified atom stereocenters. The van der Waals surface area contributed by atoms with E-state index in [1.165, 1.54) is 5.56 Å². The molecule has 0 spiro atoms. The lowest BCUT2D eigenvalue weighted by Crippen LogP contribution is -2.39. The van der Waals surface area contributed by atoms with Gasteiger partial charge in [0.1, 0.15) is 0 Å². The number of carbonyl (C=O) groups excluding carboxylic acids is 2. The second-order valence-electron chi connectivity index (χ2n) is 6.23. The zero-order valence-electron chi connectivity index (χ0n) is 14.7.